The second-order valence-electron chi connectivity index (χ2n) is 15.2. The van der Waals surface area contributed by atoms with Crippen molar-refractivity contribution in [3.05, 3.63) is 237 Å². The highest BCUT2D eigenvalue weighted by molar-refractivity contribution is 6.13. The van der Waals surface area contributed by atoms with Gasteiger partial charge in [-0.3, -0.25) is 0 Å². The Kier molecular flexibility index (Phi) is 8.87. The highest BCUT2D eigenvalue weighted by atomic mass is 16.3. The molecule has 2 heteroatoms. The number of rotatable bonds is 8. The van der Waals surface area contributed by atoms with Crippen LogP contribution in [0.3, 0.4) is 0 Å². The van der Waals surface area contributed by atoms with Crippen LogP contribution in [0, 0.1) is 0 Å². The Hall–Kier alpha value is -7.94. The summed E-state index contributed by atoms with van der Waals surface area (Å²) in [5, 5.41) is 4.66. The van der Waals surface area contributed by atoms with Crippen LogP contribution >= 0.6 is 0 Å². The lowest BCUT2D eigenvalue weighted by Gasteiger charge is -2.27. The Morgan fingerprint density at radius 1 is 0.300 bits per heavy atom. The van der Waals surface area contributed by atoms with Gasteiger partial charge in [0.15, 0.2) is 0 Å². The lowest BCUT2D eigenvalue weighted by atomic mass is 9.84. The average Bonchev–Trinajstić information content (AvgIpc) is 3.72. The Bertz CT molecular complexity index is 3290. The molecule has 1 heterocycles. The molecular formula is C58H39NO. The maximum absolute atomic E-state index is 6.42. The van der Waals surface area contributed by atoms with Crippen LogP contribution in [0.1, 0.15) is 0 Å². The molecule has 0 bridgehead atoms. The van der Waals surface area contributed by atoms with Gasteiger partial charge in [-0.2, -0.15) is 0 Å². The van der Waals surface area contributed by atoms with Gasteiger partial charge in [0.2, 0.25) is 0 Å². The summed E-state index contributed by atoms with van der Waals surface area (Å²) in [6, 6.07) is 84.9. The second-order valence-corrected chi connectivity index (χ2v) is 15.2. The monoisotopic (exact) mass is 765 g/mol. The third-order valence-electron chi connectivity index (χ3n) is 11.7. The fourth-order valence-corrected chi connectivity index (χ4v) is 8.84. The summed E-state index contributed by atoms with van der Waals surface area (Å²) >= 11 is 0. The van der Waals surface area contributed by atoms with E-state index in [1.54, 1.807) is 0 Å². The third kappa shape index (κ3) is 6.32. The number of para-hydroxylation sites is 1. The van der Waals surface area contributed by atoms with Crippen LogP contribution in [0.2, 0.25) is 0 Å². The largest absolute Gasteiger partial charge is 0.456 e. The van der Waals surface area contributed by atoms with Crippen LogP contribution in [0.25, 0.3) is 88.3 Å². The Morgan fingerprint density at radius 2 is 0.800 bits per heavy atom. The molecule has 0 atom stereocenters. The van der Waals surface area contributed by atoms with E-state index in [-0.39, 0.29) is 0 Å². The van der Waals surface area contributed by atoms with Gasteiger partial charge in [0.1, 0.15) is 11.2 Å². The van der Waals surface area contributed by atoms with E-state index < -0.39 is 0 Å². The number of fused-ring (bicyclic) bond motifs is 4. The number of hydrogen-bond donors (Lipinski definition) is 0. The minimum absolute atomic E-state index is 0.863. The number of hydrogen-bond acceptors (Lipinski definition) is 2. The first-order valence-electron chi connectivity index (χ1n) is 20.5. The molecule has 0 spiro atoms. The standard InChI is InChI=1S/C58H39NO/c1-3-16-42(17-4-1)49-21-9-10-22-52(49)57-50(43-18-5-2-6-19-43)24-13-25-51(57)44-33-37-48(38-34-44)59(54-26-14-28-56-58(54)53-23-11-12-27-55(53)60-56)47-35-31-41(32-36-47)46-30-29-40-15-7-8-20-45(40)39-46/h1-39H. The third-order valence-corrected chi connectivity index (χ3v) is 11.7. The van der Waals surface area contributed by atoms with Gasteiger partial charge >= 0.3 is 0 Å². The molecule has 0 radical (unpaired) electrons. The lowest BCUT2D eigenvalue weighted by molar-refractivity contribution is 0.669. The molecule has 1 aromatic heterocycles. The smallest absolute Gasteiger partial charge is 0.137 e. The van der Waals surface area contributed by atoms with Gasteiger partial charge in [-0.15, -0.1) is 0 Å². The van der Waals surface area contributed by atoms with Crippen LogP contribution in [-0.4, -0.2) is 0 Å². The normalized spacial score (nSPS) is 11.3. The van der Waals surface area contributed by atoms with Gasteiger partial charge < -0.3 is 9.32 Å². The van der Waals surface area contributed by atoms with Crippen LogP contribution in [0.15, 0.2) is 241 Å². The van der Waals surface area contributed by atoms with Crippen molar-refractivity contribution < 1.29 is 4.42 Å². The Morgan fingerprint density at radius 3 is 1.52 bits per heavy atom. The topological polar surface area (TPSA) is 16.4 Å². The van der Waals surface area contributed by atoms with Crippen molar-refractivity contribution in [3.63, 3.8) is 0 Å². The quantitative estimate of drug-likeness (QED) is 0.153. The highest BCUT2D eigenvalue weighted by Gasteiger charge is 2.21. The van der Waals surface area contributed by atoms with Gasteiger partial charge in [0, 0.05) is 16.8 Å². The lowest BCUT2D eigenvalue weighted by Crippen LogP contribution is -2.10. The predicted molar refractivity (Wildman–Crippen MR) is 253 cm³/mol. The van der Waals surface area contributed by atoms with Crippen molar-refractivity contribution in [3.8, 4) is 55.6 Å². The van der Waals surface area contributed by atoms with Crippen LogP contribution < -0.4 is 4.90 Å². The molecule has 0 amide bonds. The zero-order chi connectivity index (χ0) is 39.8. The first kappa shape index (κ1) is 35.2. The van der Waals surface area contributed by atoms with Crippen molar-refractivity contribution in [1.29, 1.82) is 0 Å². The molecule has 11 rings (SSSR count). The van der Waals surface area contributed by atoms with Crippen molar-refractivity contribution in [2.45, 2.75) is 0 Å². The van der Waals surface area contributed by atoms with E-state index in [0.29, 0.717) is 0 Å². The van der Waals surface area contributed by atoms with Crippen molar-refractivity contribution in [2.75, 3.05) is 4.90 Å². The molecule has 0 saturated heterocycles. The van der Waals surface area contributed by atoms with E-state index in [2.05, 4.69) is 229 Å². The fraction of sp³-hybridized carbons (Fsp3) is 0. The number of nitrogens with zero attached hydrogens (tertiary/aromatic N) is 1. The minimum Gasteiger partial charge on any atom is -0.456 e. The summed E-state index contributed by atoms with van der Waals surface area (Å²) in [6.07, 6.45) is 0. The molecule has 0 aliphatic rings. The second kappa shape index (κ2) is 15.1. The van der Waals surface area contributed by atoms with Gasteiger partial charge in [-0.05, 0) is 115 Å². The molecule has 10 aromatic carbocycles. The van der Waals surface area contributed by atoms with Gasteiger partial charge in [-0.25, -0.2) is 0 Å². The number of anilines is 3. The van der Waals surface area contributed by atoms with Gasteiger partial charge in [0.05, 0.1) is 11.1 Å². The van der Waals surface area contributed by atoms with Crippen molar-refractivity contribution >= 4 is 49.8 Å². The number of furan rings is 1. The molecule has 282 valence electrons. The zero-order valence-corrected chi connectivity index (χ0v) is 32.9. The highest BCUT2D eigenvalue weighted by Crippen LogP contribution is 2.46. The maximum atomic E-state index is 6.42. The van der Waals surface area contributed by atoms with Crippen LogP contribution in [0.4, 0.5) is 17.1 Å². The predicted octanol–water partition coefficient (Wildman–Crippen LogP) is 16.5. The summed E-state index contributed by atoms with van der Waals surface area (Å²) < 4.78 is 6.42. The van der Waals surface area contributed by atoms with Gasteiger partial charge in [0.25, 0.3) is 0 Å². The zero-order valence-electron chi connectivity index (χ0n) is 32.9. The van der Waals surface area contributed by atoms with Crippen LogP contribution in [0.5, 0.6) is 0 Å². The first-order valence-corrected chi connectivity index (χ1v) is 20.5. The summed E-state index contributed by atoms with van der Waals surface area (Å²) in [4.78, 5) is 2.37. The number of benzene rings is 10. The molecule has 11 aromatic rings. The molecule has 60 heavy (non-hydrogen) atoms. The molecule has 0 N–H and O–H groups in total. The van der Waals surface area contributed by atoms with E-state index in [0.717, 1.165) is 44.6 Å². The summed E-state index contributed by atoms with van der Waals surface area (Å²) in [5.41, 5.74) is 16.8. The molecule has 0 fully saturated rings. The molecule has 0 aliphatic carbocycles. The fourth-order valence-electron chi connectivity index (χ4n) is 8.84. The summed E-state index contributed by atoms with van der Waals surface area (Å²) in [6.45, 7) is 0. The Balaban J connectivity index is 1.07. The summed E-state index contributed by atoms with van der Waals surface area (Å²) in [5.74, 6) is 0. The molecule has 0 aliphatic heterocycles. The molecular weight excluding hydrogens is 727 g/mol. The minimum atomic E-state index is 0.863. The SMILES string of the molecule is c1ccc(-c2ccccc2-c2c(-c3ccccc3)cccc2-c2ccc(N(c3ccc(-c4ccc5ccccc5c4)cc3)c3cccc4oc5ccccc5c34)cc2)cc1. The van der Waals surface area contributed by atoms with Gasteiger partial charge in [-0.1, -0.05) is 188 Å². The van der Waals surface area contributed by atoms with E-state index in [9.17, 15) is 0 Å². The maximum Gasteiger partial charge on any atom is 0.137 e. The molecule has 2 nitrogen and oxygen atoms in total. The van der Waals surface area contributed by atoms with E-state index >= 15 is 0 Å². The first-order chi connectivity index (χ1) is 29.8. The van der Waals surface area contributed by atoms with E-state index in [1.165, 1.54) is 60.8 Å². The molecule has 0 saturated carbocycles. The van der Waals surface area contributed by atoms with E-state index in [1.807, 2.05) is 12.1 Å². The van der Waals surface area contributed by atoms with Crippen molar-refractivity contribution in [1.82, 2.24) is 0 Å². The van der Waals surface area contributed by atoms with E-state index in [4.69, 9.17) is 4.42 Å². The Labute approximate surface area is 349 Å². The van der Waals surface area contributed by atoms with Crippen molar-refractivity contribution in [2.24, 2.45) is 0 Å². The average molecular weight is 766 g/mol. The summed E-state index contributed by atoms with van der Waals surface area (Å²) in [7, 11) is 0. The molecule has 0 unspecified atom stereocenters. The van der Waals surface area contributed by atoms with Crippen LogP contribution in [-0.2, 0) is 0 Å².